The summed E-state index contributed by atoms with van der Waals surface area (Å²) in [5.41, 5.74) is 0.373. The molecule has 0 unspecified atom stereocenters. The van der Waals surface area contributed by atoms with Crippen molar-refractivity contribution in [3.05, 3.63) is 35.6 Å². The molecule has 18 heavy (non-hydrogen) atoms. The predicted octanol–water partition coefficient (Wildman–Crippen LogP) is 0.960. The minimum absolute atomic E-state index is 0.373. The monoisotopic (exact) mass is 250 g/mol. The van der Waals surface area contributed by atoms with Crippen molar-refractivity contribution in [2.75, 3.05) is 14.1 Å². The number of carbonyl (C=O) groups is 3. The number of hydrogen-bond donors (Lipinski definition) is 0. The highest BCUT2D eigenvalue weighted by Gasteiger charge is 2.43. The van der Waals surface area contributed by atoms with Gasteiger partial charge in [0, 0.05) is 14.1 Å². The fourth-order valence-electron chi connectivity index (χ4n) is 1.85. The molecular formula is C12H11FN2O3. The maximum atomic E-state index is 12.8. The number of benzene rings is 1. The van der Waals surface area contributed by atoms with Crippen molar-refractivity contribution < 1.29 is 18.8 Å². The molecule has 1 aromatic carbocycles. The first-order valence-electron chi connectivity index (χ1n) is 5.28. The van der Waals surface area contributed by atoms with E-state index in [-0.39, 0.29) is 0 Å². The number of hydrogen-bond acceptors (Lipinski definition) is 3. The van der Waals surface area contributed by atoms with Gasteiger partial charge in [0.25, 0.3) is 0 Å². The Balaban J connectivity index is 2.43. The van der Waals surface area contributed by atoms with Crippen LogP contribution in [-0.2, 0) is 9.59 Å². The van der Waals surface area contributed by atoms with E-state index in [0.717, 1.165) is 9.80 Å². The smallest absolute Gasteiger partial charge is 0.273 e. The zero-order valence-corrected chi connectivity index (χ0v) is 9.88. The summed E-state index contributed by atoms with van der Waals surface area (Å²) in [7, 11) is 2.62. The summed E-state index contributed by atoms with van der Waals surface area (Å²) < 4.78 is 12.8. The van der Waals surface area contributed by atoms with Crippen molar-refractivity contribution in [3.8, 4) is 0 Å². The van der Waals surface area contributed by atoms with Crippen LogP contribution < -0.4 is 0 Å². The first-order valence-corrected chi connectivity index (χ1v) is 5.28. The third-order valence-corrected chi connectivity index (χ3v) is 2.93. The quantitative estimate of drug-likeness (QED) is 0.697. The van der Waals surface area contributed by atoms with Gasteiger partial charge in [-0.05, 0) is 17.7 Å². The van der Waals surface area contributed by atoms with Crippen molar-refractivity contribution in [1.82, 2.24) is 9.80 Å². The fraction of sp³-hybridized carbons (Fsp3) is 0.250. The molecule has 0 spiro atoms. The van der Waals surface area contributed by atoms with Gasteiger partial charge in [0.2, 0.25) is 11.8 Å². The number of amides is 4. The minimum Gasteiger partial charge on any atom is -0.273 e. The molecule has 2 rings (SSSR count). The molecule has 0 radical (unpaired) electrons. The van der Waals surface area contributed by atoms with Crippen LogP contribution >= 0.6 is 0 Å². The third kappa shape index (κ3) is 1.75. The Morgan fingerprint density at radius 2 is 1.39 bits per heavy atom. The van der Waals surface area contributed by atoms with Gasteiger partial charge in [0.1, 0.15) is 11.7 Å². The highest BCUT2D eigenvalue weighted by Crippen LogP contribution is 2.25. The van der Waals surface area contributed by atoms with E-state index in [2.05, 4.69) is 0 Å². The first-order chi connectivity index (χ1) is 8.43. The lowest BCUT2D eigenvalue weighted by atomic mass is 9.94. The van der Waals surface area contributed by atoms with Gasteiger partial charge >= 0.3 is 6.03 Å². The third-order valence-electron chi connectivity index (χ3n) is 2.93. The lowest BCUT2D eigenvalue weighted by Gasteiger charge is -2.32. The second kappa shape index (κ2) is 4.21. The Labute approximate surface area is 103 Å². The largest absolute Gasteiger partial charge is 0.332 e. The summed E-state index contributed by atoms with van der Waals surface area (Å²) in [6, 6.07) is 4.42. The van der Waals surface area contributed by atoms with Crippen LogP contribution in [0.5, 0.6) is 0 Å². The Bertz CT molecular complexity index is 503. The van der Waals surface area contributed by atoms with Crippen LogP contribution in [0, 0.1) is 5.82 Å². The molecule has 0 aliphatic carbocycles. The Morgan fingerprint density at radius 3 is 1.83 bits per heavy atom. The van der Waals surface area contributed by atoms with Gasteiger partial charge in [-0.3, -0.25) is 19.4 Å². The number of rotatable bonds is 1. The zero-order valence-electron chi connectivity index (χ0n) is 9.88. The van der Waals surface area contributed by atoms with Gasteiger partial charge in [0.05, 0.1) is 0 Å². The summed E-state index contributed by atoms with van der Waals surface area (Å²) in [5.74, 6) is -2.74. The van der Waals surface area contributed by atoms with E-state index >= 15 is 0 Å². The van der Waals surface area contributed by atoms with Crippen molar-refractivity contribution >= 4 is 17.8 Å². The van der Waals surface area contributed by atoms with Gasteiger partial charge < -0.3 is 0 Å². The van der Waals surface area contributed by atoms with E-state index in [1.54, 1.807) is 0 Å². The lowest BCUT2D eigenvalue weighted by molar-refractivity contribution is -0.143. The van der Waals surface area contributed by atoms with Gasteiger partial charge in [-0.1, -0.05) is 12.1 Å². The molecule has 1 heterocycles. The van der Waals surface area contributed by atoms with Crippen LogP contribution in [-0.4, -0.2) is 41.7 Å². The van der Waals surface area contributed by atoms with Gasteiger partial charge in [0.15, 0.2) is 0 Å². The Kier molecular flexibility index (Phi) is 2.86. The molecule has 0 atom stereocenters. The SMILES string of the molecule is CN1C(=O)C(c2ccc(F)cc2)C(=O)N(C)C1=O. The van der Waals surface area contributed by atoms with Crippen LogP contribution in [0.3, 0.4) is 0 Å². The summed E-state index contributed by atoms with van der Waals surface area (Å²) >= 11 is 0. The van der Waals surface area contributed by atoms with Crippen LogP contribution in [0.4, 0.5) is 9.18 Å². The number of halogens is 1. The molecule has 1 aromatic rings. The Hall–Kier alpha value is -2.24. The summed E-state index contributed by atoms with van der Waals surface area (Å²) in [5, 5.41) is 0. The molecule has 0 bridgehead atoms. The summed E-state index contributed by atoms with van der Waals surface area (Å²) in [4.78, 5) is 37.2. The van der Waals surface area contributed by atoms with Crippen LogP contribution in [0.25, 0.3) is 0 Å². The summed E-state index contributed by atoms with van der Waals surface area (Å²) in [6.45, 7) is 0. The van der Waals surface area contributed by atoms with Gasteiger partial charge in [-0.25, -0.2) is 9.18 Å². The molecule has 4 amide bonds. The molecule has 1 aliphatic rings. The fourth-order valence-corrected chi connectivity index (χ4v) is 1.85. The van der Waals surface area contributed by atoms with E-state index in [4.69, 9.17) is 0 Å². The van der Waals surface area contributed by atoms with Crippen molar-refractivity contribution in [2.24, 2.45) is 0 Å². The highest BCUT2D eigenvalue weighted by molar-refractivity contribution is 6.18. The standard InChI is InChI=1S/C12H11FN2O3/c1-14-10(16)9(11(17)15(2)12(14)18)7-3-5-8(13)6-4-7/h3-6,9H,1-2H3. The number of barbiturate groups is 1. The molecule has 0 saturated carbocycles. The number of urea groups is 1. The van der Waals surface area contributed by atoms with Crippen molar-refractivity contribution in [1.29, 1.82) is 0 Å². The topological polar surface area (TPSA) is 57.7 Å². The molecular weight excluding hydrogens is 239 g/mol. The molecule has 0 aromatic heterocycles. The maximum absolute atomic E-state index is 12.8. The number of likely N-dealkylation sites (N-methyl/N-ethyl adjacent to an activating group) is 2. The lowest BCUT2D eigenvalue weighted by Crippen LogP contribution is -2.55. The average molecular weight is 250 g/mol. The van der Waals surface area contributed by atoms with Crippen molar-refractivity contribution in [2.45, 2.75) is 5.92 Å². The second-order valence-electron chi connectivity index (χ2n) is 4.06. The van der Waals surface area contributed by atoms with E-state index in [9.17, 15) is 18.8 Å². The molecule has 1 saturated heterocycles. The van der Waals surface area contributed by atoms with Crippen LogP contribution in [0.2, 0.25) is 0 Å². The average Bonchev–Trinajstić information content (AvgIpc) is 2.36. The van der Waals surface area contributed by atoms with E-state index in [1.165, 1.54) is 38.4 Å². The van der Waals surface area contributed by atoms with E-state index < -0.39 is 29.6 Å². The molecule has 0 N–H and O–H groups in total. The highest BCUT2D eigenvalue weighted by atomic mass is 19.1. The minimum atomic E-state index is -1.08. The van der Waals surface area contributed by atoms with Crippen LogP contribution in [0.15, 0.2) is 24.3 Å². The molecule has 1 fully saturated rings. The van der Waals surface area contributed by atoms with Gasteiger partial charge in [-0.15, -0.1) is 0 Å². The second-order valence-corrected chi connectivity index (χ2v) is 4.06. The first kappa shape index (κ1) is 12.2. The normalized spacial score (nSPS) is 17.6. The molecule has 94 valence electrons. The Morgan fingerprint density at radius 1 is 0.944 bits per heavy atom. The summed E-state index contributed by atoms with van der Waals surface area (Å²) in [6.07, 6.45) is 0. The van der Waals surface area contributed by atoms with Crippen molar-refractivity contribution in [3.63, 3.8) is 0 Å². The predicted molar refractivity (Wildman–Crippen MR) is 60.1 cm³/mol. The van der Waals surface area contributed by atoms with Crippen LogP contribution in [0.1, 0.15) is 11.5 Å². The maximum Gasteiger partial charge on any atom is 0.332 e. The number of nitrogens with zero attached hydrogens (tertiary/aromatic N) is 2. The molecule has 6 heteroatoms. The number of imide groups is 2. The number of carbonyl (C=O) groups excluding carboxylic acids is 3. The molecule has 5 nitrogen and oxygen atoms in total. The van der Waals surface area contributed by atoms with E-state index in [0.29, 0.717) is 5.56 Å². The zero-order chi connectivity index (χ0) is 13.4. The van der Waals surface area contributed by atoms with Gasteiger partial charge in [-0.2, -0.15) is 0 Å². The molecule has 1 aliphatic heterocycles. The van der Waals surface area contributed by atoms with E-state index in [1.807, 2.05) is 0 Å².